The molecule has 2 aromatic carbocycles. The largest absolute Gasteiger partial charge is 0.454 e. The van der Waals surface area contributed by atoms with Gasteiger partial charge in [-0.05, 0) is 62.9 Å². The van der Waals surface area contributed by atoms with Crippen LogP contribution in [0.1, 0.15) is 38.7 Å². The lowest BCUT2D eigenvalue weighted by atomic mass is 9.97. The molecule has 3 aromatic rings. The minimum Gasteiger partial charge on any atom is -0.454 e. The number of amides is 2. The molecule has 1 aromatic heterocycles. The Morgan fingerprint density at radius 2 is 1.86 bits per heavy atom. The highest BCUT2D eigenvalue weighted by Crippen LogP contribution is 2.32. The molecule has 9 heteroatoms. The quantitative estimate of drug-likeness (QED) is 0.501. The summed E-state index contributed by atoms with van der Waals surface area (Å²) in [6.07, 6.45) is 3.22. The first-order valence-electron chi connectivity index (χ1n) is 12.0. The summed E-state index contributed by atoms with van der Waals surface area (Å²) in [4.78, 5) is 32.7. The number of nitrogens with one attached hydrogen (secondary N) is 1. The van der Waals surface area contributed by atoms with Crippen LogP contribution in [0.25, 0.3) is 11.0 Å². The predicted molar refractivity (Wildman–Crippen MR) is 134 cm³/mol. The Bertz CT molecular complexity index is 1230. The van der Waals surface area contributed by atoms with Gasteiger partial charge < -0.3 is 24.3 Å². The molecule has 1 saturated heterocycles. The lowest BCUT2D eigenvalue weighted by molar-refractivity contribution is -0.138. The highest BCUT2D eigenvalue weighted by Gasteiger charge is 2.29. The monoisotopic (exact) mass is 494 g/mol. The smallest absolute Gasteiger partial charge is 0.243 e. The Labute approximate surface area is 209 Å². The van der Waals surface area contributed by atoms with Gasteiger partial charge in [0, 0.05) is 18.6 Å². The molecule has 2 aliphatic heterocycles. The molecule has 2 aliphatic rings. The zero-order valence-corrected chi connectivity index (χ0v) is 20.8. The van der Waals surface area contributed by atoms with E-state index in [4.69, 9.17) is 14.5 Å². The van der Waals surface area contributed by atoms with Crippen molar-refractivity contribution in [2.24, 2.45) is 0 Å². The lowest BCUT2D eigenvalue weighted by Crippen LogP contribution is -2.48. The Kier molecular flexibility index (Phi) is 6.86. The fourth-order valence-electron chi connectivity index (χ4n) is 4.88. The molecule has 0 radical (unpaired) electrons. The number of hydrogen-bond acceptors (Lipinski definition) is 6. The van der Waals surface area contributed by atoms with Gasteiger partial charge in [0.15, 0.2) is 16.7 Å². The van der Waals surface area contributed by atoms with E-state index in [9.17, 15) is 9.59 Å². The van der Waals surface area contributed by atoms with Gasteiger partial charge in [0.25, 0.3) is 0 Å². The van der Waals surface area contributed by atoms with Gasteiger partial charge in [0.1, 0.15) is 6.54 Å². The summed E-state index contributed by atoms with van der Waals surface area (Å²) >= 11 is 1.35. The number of para-hydroxylation sites is 2. The lowest BCUT2D eigenvalue weighted by Gasteiger charge is -2.39. The summed E-state index contributed by atoms with van der Waals surface area (Å²) in [6, 6.07) is 13.9. The van der Waals surface area contributed by atoms with Crippen molar-refractivity contribution >= 4 is 34.6 Å². The molecule has 3 heterocycles. The second-order valence-electron chi connectivity index (χ2n) is 9.15. The molecule has 0 unspecified atom stereocenters. The molecular formula is C26H30N4O4S. The molecule has 2 atom stereocenters. The fourth-order valence-corrected chi connectivity index (χ4v) is 5.72. The average Bonchev–Trinajstić information content (AvgIpc) is 3.45. The van der Waals surface area contributed by atoms with Crippen LogP contribution in [0.5, 0.6) is 11.5 Å². The standard InChI is InChI=1S/C26H30N4O4S/c1-17-6-5-7-18(2)30(17)25(32)14-29-21-9-4-3-8-20(21)28-26(29)35-15-24(31)27-13-19-10-11-22-23(12-19)34-16-33-22/h3-4,8-12,17-18H,5-7,13-16H2,1-2H3,(H,27,31)/t17-,18-/m1/s1. The number of carbonyl (C=O) groups excluding carboxylic acids is 2. The second kappa shape index (κ2) is 10.2. The molecule has 5 rings (SSSR count). The third kappa shape index (κ3) is 5.10. The van der Waals surface area contributed by atoms with Crippen molar-refractivity contribution < 1.29 is 19.1 Å². The molecule has 0 aliphatic carbocycles. The number of hydrogen-bond donors (Lipinski definition) is 1. The summed E-state index contributed by atoms with van der Waals surface area (Å²) in [7, 11) is 0. The molecular weight excluding hydrogens is 464 g/mol. The molecule has 1 N–H and O–H groups in total. The van der Waals surface area contributed by atoms with E-state index in [1.807, 2.05) is 51.9 Å². The van der Waals surface area contributed by atoms with Gasteiger partial charge in [-0.2, -0.15) is 0 Å². The van der Waals surface area contributed by atoms with E-state index < -0.39 is 0 Å². The first-order valence-corrected chi connectivity index (χ1v) is 13.0. The van der Waals surface area contributed by atoms with Crippen LogP contribution in [0.4, 0.5) is 0 Å². The van der Waals surface area contributed by atoms with Crippen molar-refractivity contribution in [2.45, 2.75) is 63.4 Å². The number of thioether (sulfide) groups is 1. The average molecular weight is 495 g/mol. The molecule has 0 bridgehead atoms. The second-order valence-corrected chi connectivity index (χ2v) is 10.1. The number of benzene rings is 2. The minimum atomic E-state index is -0.101. The van der Waals surface area contributed by atoms with Crippen LogP contribution in [0.15, 0.2) is 47.6 Å². The van der Waals surface area contributed by atoms with Crippen LogP contribution in [-0.2, 0) is 22.7 Å². The minimum absolute atomic E-state index is 0.0990. The molecule has 1 fully saturated rings. The van der Waals surface area contributed by atoms with Gasteiger partial charge in [-0.3, -0.25) is 9.59 Å². The molecule has 0 spiro atoms. The topological polar surface area (TPSA) is 85.7 Å². The van der Waals surface area contributed by atoms with Crippen molar-refractivity contribution in [3.8, 4) is 11.5 Å². The number of carbonyl (C=O) groups is 2. The first-order chi connectivity index (χ1) is 17.0. The van der Waals surface area contributed by atoms with Crippen LogP contribution in [0.3, 0.4) is 0 Å². The number of fused-ring (bicyclic) bond motifs is 2. The van der Waals surface area contributed by atoms with Crippen LogP contribution >= 0.6 is 11.8 Å². The van der Waals surface area contributed by atoms with E-state index in [-0.39, 0.29) is 43.0 Å². The molecule has 0 saturated carbocycles. The Balaban J connectivity index is 1.25. The van der Waals surface area contributed by atoms with Crippen LogP contribution < -0.4 is 14.8 Å². The van der Waals surface area contributed by atoms with Crippen molar-refractivity contribution in [1.82, 2.24) is 19.8 Å². The highest BCUT2D eigenvalue weighted by molar-refractivity contribution is 7.99. The van der Waals surface area contributed by atoms with Crippen LogP contribution in [-0.4, -0.2) is 50.9 Å². The van der Waals surface area contributed by atoms with Crippen molar-refractivity contribution in [2.75, 3.05) is 12.5 Å². The van der Waals surface area contributed by atoms with E-state index in [1.165, 1.54) is 11.8 Å². The summed E-state index contributed by atoms with van der Waals surface area (Å²) in [6.45, 7) is 5.09. The summed E-state index contributed by atoms with van der Waals surface area (Å²) < 4.78 is 12.7. The number of likely N-dealkylation sites (tertiary alicyclic amines) is 1. The van der Waals surface area contributed by atoms with E-state index >= 15 is 0 Å². The predicted octanol–water partition coefficient (Wildman–Crippen LogP) is 3.96. The third-order valence-electron chi connectivity index (χ3n) is 6.65. The maximum Gasteiger partial charge on any atom is 0.243 e. The number of nitrogens with zero attached hydrogens (tertiary/aromatic N) is 3. The zero-order chi connectivity index (χ0) is 24.4. The zero-order valence-electron chi connectivity index (χ0n) is 20.0. The maximum atomic E-state index is 13.3. The van der Waals surface area contributed by atoms with Gasteiger partial charge in [-0.15, -0.1) is 0 Å². The number of imidazole rings is 1. The summed E-state index contributed by atoms with van der Waals surface area (Å²) in [5, 5.41) is 3.63. The summed E-state index contributed by atoms with van der Waals surface area (Å²) in [5.41, 5.74) is 2.67. The number of rotatable bonds is 7. The van der Waals surface area contributed by atoms with E-state index in [0.29, 0.717) is 17.5 Å². The van der Waals surface area contributed by atoms with Crippen molar-refractivity contribution in [3.05, 3.63) is 48.0 Å². The number of piperidine rings is 1. The van der Waals surface area contributed by atoms with Gasteiger partial charge in [-0.25, -0.2) is 4.98 Å². The maximum absolute atomic E-state index is 13.3. The third-order valence-corrected chi connectivity index (χ3v) is 7.63. The fraction of sp³-hybridized carbons (Fsp3) is 0.423. The Morgan fingerprint density at radius 1 is 1.09 bits per heavy atom. The highest BCUT2D eigenvalue weighted by atomic mass is 32.2. The Morgan fingerprint density at radius 3 is 2.69 bits per heavy atom. The van der Waals surface area contributed by atoms with E-state index in [2.05, 4.69) is 19.2 Å². The van der Waals surface area contributed by atoms with Gasteiger partial charge in [0.05, 0.1) is 16.8 Å². The summed E-state index contributed by atoms with van der Waals surface area (Å²) in [5.74, 6) is 1.62. The van der Waals surface area contributed by atoms with Crippen LogP contribution in [0, 0.1) is 0 Å². The van der Waals surface area contributed by atoms with Gasteiger partial charge in [-0.1, -0.05) is 30.0 Å². The molecule has 2 amide bonds. The van der Waals surface area contributed by atoms with E-state index in [1.54, 1.807) is 0 Å². The first kappa shape index (κ1) is 23.5. The normalized spacial score (nSPS) is 19.2. The van der Waals surface area contributed by atoms with Crippen molar-refractivity contribution in [1.29, 1.82) is 0 Å². The van der Waals surface area contributed by atoms with Gasteiger partial charge >= 0.3 is 0 Å². The Hall–Kier alpha value is -3.20. The SMILES string of the molecule is C[C@@H]1CCC[C@@H](C)N1C(=O)Cn1c(SCC(=O)NCc2ccc3c(c2)OCO3)nc2ccccc21. The molecule has 8 nitrogen and oxygen atoms in total. The molecule has 35 heavy (non-hydrogen) atoms. The molecule has 184 valence electrons. The number of aromatic nitrogens is 2. The van der Waals surface area contributed by atoms with Crippen molar-refractivity contribution in [3.63, 3.8) is 0 Å². The van der Waals surface area contributed by atoms with E-state index in [0.717, 1.165) is 41.6 Å². The van der Waals surface area contributed by atoms with Crippen LogP contribution in [0.2, 0.25) is 0 Å². The number of ether oxygens (including phenoxy) is 2. The van der Waals surface area contributed by atoms with Gasteiger partial charge in [0.2, 0.25) is 18.6 Å².